The van der Waals surface area contributed by atoms with E-state index in [1.807, 2.05) is 0 Å². The third-order valence-electron chi connectivity index (χ3n) is 2.22. The van der Waals surface area contributed by atoms with E-state index < -0.39 is 0 Å². The third-order valence-corrected chi connectivity index (χ3v) is 2.22. The van der Waals surface area contributed by atoms with E-state index in [9.17, 15) is 4.79 Å². The molecule has 1 atom stereocenters. The Kier molecular flexibility index (Phi) is 3.44. The smallest absolute Gasteiger partial charge is 0.272 e. The lowest BCUT2D eigenvalue weighted by molar-refractivity contribution is 0.0933. The van der Waals surface area contributed by atoms with Crippen LogP contribution in [0.15, 0.2) is 18.7 Å². The zero-order valence-electron chi connectivity index (χ0n) is 9.58. The third kappa shape index (κ3) is 2.58. The molecule has 2 aromatic rings. The van der Waals surface area contributed by atoms with Crippen molar-refractivity contribution in [2.24, 2.45) is 5.84 Å². The summed E-state index contributed by atoms with van der Waals surface area (Å²) < 4.78 is 0. The molecular formula is C9H12N8O. The number of carbonyl (C=O) groups excluding carboxylic acids is 1. The number of nitrogen functional groups attached to an aromatic ring is 1. The number of hydrazine groups is 1. The first-order valence-corrected chi connectivity index (χ1v) is 5.15. The Morgan fingerprint density at radius 2 is 2.22 bits per heavy atom. The number of nitrogens with zero attached hydrogens (tertiary/aromatic N) is 4. The van der Waals surface area contributed by atoms with Crippen LogP contribution in [-0.2, 0) is 0 Å². The molecule has 5 N–H and O–H groups in total. The molecule has 94 valence electrons. The lowest BCUT2D eigenvalue weighted by Gasteiger charge is -2.10. The van der Waals surface area contributed by atoms with E-state index in [-0.39, 0.29) is 17.6 Å². The first-order valence-electron chi connectivity index (χ1n) is 5.15. The number of aromatic nitrogens is 5. The van der Waals surface area contributed by atoms with Crippen molar-refractivity contribution in [3.8, 4) is 0 Å². The topological polar surface area (TPSA) is 134 Å². The van der Waals surface area contributed by atoms with Gasteiger partial charge in [0.1, 0.15) is 17.8 Å². The molecule has 2 heterocycles. The second-order valence-electron chi connectivity index (χ2n) is 3.50. The Morgan fingerprint density at radius 1 is 1.39 bits per heavy atom. The van der Waals surface area contributed by atoms with Crippen LogP contribution in [0.1, 0.15) is 29.3 Å². The first-order chi connectivity index (χ1) is 8.70. The van der Waals surface area contributed by atoms with E-state index in [1.54, 1.807) is 6.92 Å². The van der Waals surface area contributed by atoms with Gasteiger partial charge in [-0.25, -0.2) is 20.8 Å². The summed E-state index contributed by atoms with van der Waals surface area (Å²) in [5, 5.41) is 9.09. The highest BCUT2D eigenvalue weighted by Crippen LogP contribution is 2.06. The molecule has 0 bridgehead atoms. The van der Waals surface area contributed by atoms with Crippen molar-refractivity contribution >= 4 is 11.7 Å². The summed E-state index contributed by atoms with van der Waals surface area (Å²) >= 11 is 0. The molecule has 0 aliphatic carbocycles. The van der Waals surface area contributed by atoms with E-state index in [2.05, 4.69) is 35.9 Å². The van der Waals surface area contributed by atoms with E-state index >= 15 is 0 Å². The standard InChI is InChI=1S/C9H12N8O/c1-5(8-13-4-14-17-8)15-9(18)6-2-12-7(16-10)3-11-6/h2-5H,10H2,1H3,(H,12,16)(H,15,18)(H,13,14,17). The minimum atomic E-state index is -0.352. The van der Waals surface area contributed by atoms with Gasteiger partial charge in [0, 0.05) is 0 Å². The first kappa shape index (κ1) is 11.9. The van der Waals surface area contributed by atoms with E-state index in [0.717, 1.165) is 0 Å². The van der Waals surface area contributed by atoms with E-state index in [4.69, 9.17) is 5.84 Å². The van der Waals surface area contributed by atoms with Crippen LogP contribution in [0.3, 0.4) is 0 Å². The molecule has 1 unspecified atom stereocenters. The second kappa shape index (κ2) is 5.19. The van der Waals surface area contributed by atoms with Crippen LogP contribution in [0.5, 0.6) is 0 Å². The number of hydrogen-bond acceptors (Lipinski definition) is 7. The molecule has 0 saturated carbocycles. The highest BCUT2D eigenvalue weighted by molar-refractivity contribution is 5.92. The maximum absolute atomic E-state index is 11.8. The van der Waals surface area contributed by atoms with Crippen LogP contribution in [0.25, 0.3) is 0 Å². The van der Waals surface area contributed by atoms with Gasteiger partial charge in [0.05, 0.1) is 18.4 Å². The van der Waals surface area contributed by atoms with Gasteiger partial charge < -0.3 is 10.7 Å². The number of hydrogen-bond donors (Lipinski definition) is 4. The van der Waals surface area contributed by atoms with E-state index in [0.29, 0.717) is 11.6 Å². The number of nitrogens with two attached hydrogens (primary N) is 1. The van der Waals surface area contributed by atoms with Crippen molar-refractivity contribution in [2.45, 2.75) is 13.0 Å². The normalized spacial score (nSPS) is 11.9. The van der Waals surface area contributed by atoms with Gasteiger partial charge in [0.2, 0.25) is 0 Å². The highest BCUT2D eigenvalue weighted by atomic mass is 16.1. The molecule has 18 heavy (non-hydrogen) atoms. The van der Waals surface area contributed by atoms with Gasteiger partial charge in [-0.1, -0.05) is 0 Å². The minimum absolute atomic E-state index is 0.195. The Hall–Kier alpha value is -2.55. The highest BCUT2D eigenvalue weighted by Gasteiger charge is 2.14. The average Bonchev–Trinajstić information content (AvgIpc) is 2.92. The molecule has 2 aromatic heterocycles. The van der Waals surface area contributed by atoms with Gasteiger partial charge in [-0.05, 0) is 6.92 Å². The van der Waals surface area contributed by atoms with Crippen molar-refractivity contribution in [3.05, 3.63) is 30.2 Å². The summed E-state index contributed by atoms with van der Waals surface area (Å²) in [5.74, 6) is 5.75. The summed E-state index contributed by atoms with van der Waals surface area (Å²) in [7, 11) is 0. The van der Waals surface area contributed by atoms with Gasteiger partial charge in [-0.15, -0.1) is 0 Å². The molecular weight excluding hydrogens is 236 g/mol. The largest absolute Gasteiger partial charge is 0.341 e. The van der Waals surface area contributed by atoms with Crippen LogP contribution >= 0.6 is 0 Å². The molecule has 0 saturated heterocycles. The van der Waals surface area contributed by atoms with Crippen molar-refractivity contribution < 1.29 is 4.79 Å². The number of amides is 1. The number of carbonyl (C=O) groups is 1. The van der Waals surface area contributed by atoms with Gasteiger partial charge in [0.15, 0.2) is 5.82 Å². The fourth-order valence-electron chi connectivity index (χ4n) is 1.28. The molecule has 1 amide bonds. The molecule has 0 fully saturated rings. The summed E-state index contributed by atoms with van der Waals surface area (Å²) in [4.78, 5) is 23.6. The Balaban J connectivity index is 2.03. The monoisotopic (exact) mass is 248 g/mol. The number of H-pyrrole nitrogens is 1. The molecule has 0 spiro atoms. The molecule has 9 heteroatoms. The van der Waals surface area contributed by atoms with E-state index in [1.165, 1.54) is 18.7 Å². The lowest BCUT2D eigenvalue weighted by Crippen LogP contribution is -2.28. The van der Waals surface area contributed by atoms with Crippen molar-refractivity contribution in [3.63, 3.8) is 0 Å². The maximum atomic E-state index is 11.8. The predicted molar refractivity (Wildman–Crippen MR) is 62.1 cm³/mol. The van der Waals surface area contributed by atoms with Crippen molar-refractivity contribution in [2.75, 3.05) is 5.43 Å². The van der Waals surface area contributed by atoms with Crippen LogP contribution in [0.2, 0.25) is 0 Å². The minimum Gasteiger partial charge on any atom is -0.341 e. The number of nitrogens with one attached hydrogen (secondary N) is 3. The Labute approximate surface area is 102 Å². The van der Waals surface area contributed by atoms with Crippen LogP contribution in [0, 0.1) is 0 Å². The zero-order valence-corrected chi connectivity index (χ0v) is 9.58. The fourth-order valence-corrected chi connectivity index (χ4v) is 1.28. The molecule has 0 radical (unpaired) electrons. The molecule has 9 nitrogen and oxygen atoms in total. The van der Waals surface area contributed by atoms with Gasteiger partial charge in [-0.3, -0.25) is 9.89 Å². The quantitative estimate of drug-likeness (QED) is 0.418. The molecule has 0 aromatic carbocycles. The zero-order chi connectivity index (χ0) is 13.0. The predicted octanol–water partition coefficient (Wildman–Crippen LogP) is -0.629. The maximum Gasteiger partial charge on any atom is 0.272 e. The summed E-state index contributed by atoms with van der Waals surface area (Å²) in [5.41, 5.74) is 2.52. The molecule has 2 rings (SSSR count). The van der Waals surface area contributed by atoms with Crippen molar-refractivity contribution in [1.29, 1.82) is 0 Å². The summed E-state index contributed by atoms with van der Waals surface area (Å²) in [6, 6.07) is -0.297. The van der Waals surface area contributed by atoms with Crippen LogP contribution in [-0.4, -0.2) is 31.1 Å². The number of anilines is 1. The van der Waals surface area contributed by atoms with Gasteiger partial charge in [0.25, 0.3) is 5.91 Å². The second-order valence-corrected chi connectivity index (χ2v) is 3.50. The number of aromatic amines is 1. The Bertz CT molecular complexity index is 508. The van der Waals surface area contributed by atoms with Gasteiger partial charge >= 0.3 is 0 Å². The fraction of sp³-hybridized carbons (Fsp3) is 0.222. The lowest BCUT2D eigenvalue weighted by atomic mass is 10.3. The van der Waals surface area contributed by atoms with Crippen molar-refractivity contribution in [1.82, 2.24) is 30.5 Å². The molecule has 0 aliphatic rings. The summed E-state index contributed by atoms with van der Waals surface area (Å²) in [6.45, 7) is 1.78. The number of rotatable bonds is 4. The van der Waals surface area contributed by atoms with Crippen LogP contribution in [0.4, 0.5) is 5.82 Å². The molecule has 0 aliphatic heterocycles. The SMILES string of the molecule is CC(NC(=O)c1cnc(NN)cn1)c1ncn[nH]1. The average molecular weight is 248 g/mol. The Morgan fingerprint density at radius 3 is 2.78 bits per heavy atom. The van der Waals surface area contributed by atoms with Crippen LogP contribution < -0.4 is 16.6 Å². The summed E-state index contributed by atoms with van der Waals surface area (Å²) in [6.07, 6.45) is 4.07. The van der Waals surface area contributed by atoms with Gasteiger partial charge in [-0.2, -0.15) is 5.10 Å².